The highest BCUT2D eigenvalue weighted by Crippen LogP contribution is 2.41. The Bertz CT molecular complexity index is 1610. The van der Waals surface area contributed by atoms with Gasteiger partial charge in [-0.1, -0.05) is 48.2 Å². The summed E-state index contributed by atoms with van der Waals surface area (Å²) in [5, 5.41) is 9.73. The number of hydrogen-bond donors (Lipinski definition) is 1. The van der Waals surface area contributed by atoms with E-state index < -0.39 is 5.97 Å². The molecule has 0 amide bonds. The zero-order chi connectivity index (χ0) is 28.8. The molecule has 41 heavy (non-hydrogen) atoms. The largest absolute Gasteiger partial charge is 0.497 e. The number of hydrogen-bond acceptors (Lipinski definition) is 7. The summed E-state index contributed by atoms with van der Waals surface area (Å²) < 4.78 is 11.3. The van der Waals surface area contributed by atoms with Crippen molar-refractivity contribution in [3.05, 3.63) is 113 Å². The lowest BCUT2D eigenvalue weighted by Gasteiger charge is -2.08. The first-order chi connectivity index (χ1) is 19.9. The second-order valence-corrected chi connectivity index (χ2v) is 11.6. The van der Waals surface area contributed by atoms with Crippen LogP contribution in [0.4, 0.5) is 0 Å². The molecule has 8 heteroatoms. The van der Waals surface area contributed by atoms with E-state index in [1.165, 1.54) is 15.3 Å². The lowest BCUT2D eigenvalue weighted by Crippen LogP contribution is -2.00. The van der Waals surface area contributed by atoms with Crippen molar-refractivity contribution in [2.24, 2.45) is 0 Å². The Morgan fingerprint density at radius 1 is 0.829 bits per heavy atom. The number of carboxylic acids is 1. The zero-order valence-corrected chi connectivity index (χ0v) is 24.7. The summed E-state index contributed by atoms with van der Waals surface area (Å²) in [6.45, 7) is 4.42. The highest BCUT2D eigenvalue weighted by atomic mass is 32.2. The first-order valence-electron chi connectivity index (χ1n) is 13.1. The minimum absolute atomic E-state index is 0.00438. The summed E-state index contributed by atoms with van der Waals surface area (Å²) in [6, 6.07) is 28.0. The van der Waals surface area contributed by atoms with Gasteiger partial charge in [-0.15, -0.1) is 11.3 Å². The van der Waals surface area contributed by atoms with Crippen LogP contribution in [0.15, 0.2) is 90.1 Å². The zero-order valence-electron chi connectivity index (χ0n) is 23.1. The van der Waals surface area contributed by atoms with Gasteiger partial charge in [-0.05, 0) is 90.2 Å². The van der Waals surface area contributed by atoms with E-state index in [0.717, 1.165) is 50.3 Å². The van der Waals surface area contributed by atoms with E-state index in [1.54, 1.807) is 42.3 Å². The molecule has 6 nitrogen and oxygen atoms in total. The molecule has 2 aromatic heterocycles. The Balaban J connectivity index is 1.33. The molecule has 0 bridgehead atoms. The number of aryl methyl sites for hydroxylation is 2. The molecule has 0 radical (unpaired) electrons. The average Bonchev–Trinajstić information content (AvgIpc) is 3.39. The third-order valence-electron chi connectivity index (χ3n) is 6.40. The van der Waals surface area contributed by atoms with Crippen molar-refractivity contribution in [3.63, 3.8) is 0 Å². The van der Waals surface area contributed by atoms with Gasteiger partial charge in [-0.2, -0.15) is 0 Å². The molecule has 0 saturated heterocycles. The van der Waals surface area contributed by atoms with Crippen LogP contribution < -0.4 is 9.47 Å². The maximum absolute atomic E-state index is 10.9. The minimum Gasteiger partial charge on any atom is -0.497 e. The Hall–Kier alpha value is -4.14. The van der Waals surface area contributed by atoms with E-state index in [0.29, 0.717) is 12.4 Å². The number of thiophene rings is 1. The molecular weight excluding hydrogens is 553 g/mol. The van der Waals surface area contributed by atoms with Crippen LogP contribution in [-0.2, 0) is 23.6 Å². The number of aromatic nitrogens is 2. The third kappa shape index (κ3) is 7.54. The molecule has 3 aromatic carbocycles. The summed E-state index contributed by atoms with van der Waals surface area (Å²) in [7, 11) is 1.68. The number of carboxylic acid groups (broad SMARTS) is 1. The number of aliphatic carboxylic acids is 1. The fraction of sp³-hybridized carbons (Fsp3) is 0.182. The van der Waals surface area contributed by atoms with Crippen molar-refractivity contribution in [1.82, 2.24) is 9.97 Å². The van der Waals surface area contributed by atoms with Gasteiger partial charge in [0.2, 0.25) is 0 Å². The van der Waals surface area contributed by atoms with Crippen LogP contribution in [0.2, 0.25) is 0 Å². The highest BCUT2D eigenvalue weighted by Gasteiger charge is 2.15. The molecule has 5 rings (SSSR count). The fourth-order valence-corrected chi connectivity index (χ4v) is 6.59. The van der Waals surface area contributed by atoms with Gasteiger partial charge in [0.15, 0.2) is 5.16 Å². The van der Waals surface area contributed by atoms with Crippen LogP contribution in [0.5, 0.6) is 11.5 Å². The standard InChI is InChI=1S/C33H30N2O4S2/c1-21-16-22(2)35-33(34-21)40-20-27-18-30(41-32(27)26-10-14-28(38-3)15-11-26)25-8-4-24(5-9-25)19-39-29-12-6-23(7-13-29)17-31(36)37/h4-16,18H,17,19-20H2,1-3H3,(H,36,37). The van der Waals surface area contributed by atoms with Crippen LogP contribution in [-0.4, -0.2) is 28.2 Å². The monoisotopic (exact) mass is 582 g/mol. The van der Waals surface area contributed by atoms with E-state index in [1.807, 2.05) is 44.2 Å². The van der Waals surface area contributed by atoms with E-state index >= 15 is 0 Å². The molecule has 1 N–H and O–H groups in total. The Morgan fingerprint density at radius 3 is 2.07 bits per heavy atom. The number of benzene rings is 3. The molecule has 0 fully saturated rings. The topological polar surface area (TPSA) is 81.5 Å². The third-order valence-corrected chi connectivity index (χ3v) is 8.57. The maximum atomic E-state index is 10.9. The lowest BCUT2D eigenvalue weighted by molar-refractivity contribution is -0.136. The first-order valence-corrected chi connectivity index (χ1v) is 14.9. The van der Waals surface area contributed by atoms with Crippen molar-refractivity contribution in [3.8, 4) is 32.4 Å². The second-order valence-electron chi connectivity index (χ2n) is 9.62. The summed E-state index contributed by atoms with van der Waals surface area (Å²) in [5.74, 6) is 1.46. The van der Waals surface area contributed by atoms with Crippen molar-refractivity contribution in [2.75, 3.05) is 7.11 Å². The second kappa shape index (κ2) is 13.0. The summed E-state index contributed by atoms with van der Waals surface area (Å²) in [5.41, 5.74) is 7.28. The number of thioether (sulfide) groups is 1. The molecular formula is C33H30N2O4S2. The van der Waals surface area contributed by atoms with Crippen LogP contribution >= 0.6 is 23.1 Å². The number of carbonyl (C=O) groups is 1. The molecule has 0 aliphatic rings. The van der Waals surface area contributed by atoms with E-state index in [2.05, 4.69) is 52.4 Å². The van der Waals surface area contributed by atoms with Gasteiger partial charge in [0, 0.05) is 26.9 Å². The molecule has 5 aromatic rings. The fourth-order valence-electron chi connectivity index (χ4n) is 4.38. The van der Waals surface area contributed by atoms with Crippen molar-refractivity contribution < 1.29 is 19.4 Å². The maximum Gasteiger partial charge on any atom is 0.307 e. The van der Waals surface area contributed by atoms with Crippen LogP contribution in [0.25, 0.3) is 20.9 Å². The smallest absolute Gasteiger partial charge is 0.307 e. The minimum atomic E-state index is -0.845. The Morgan fingerprint density at radius 2 is 1.44 bits per heavy atom. The summed E-state index contributed by atoms with van der Waals surface area (Å²) in [4.78, 5) is 22.5. The van der Waals surface area contributed by atoms with Crippen molar-refractivity contribution >= 4 is 29.1 Å². The van der Waals surface area contributed by atoms with Gasteiger partial charge in [-0.25, -0.2) is 9.97 Å². The quantitative estimate of drug-likeness (QED) is 0.125. The van der Waals surface area contributed by atoms with Crippen LogP contribution in [0, 0.1) is 13.8 Å². The van der Waals surface area contributed by atoms with Crippen LogP contribution in [0.1, 0.15) is 28.1 Å². The Kier molecular flexibility index (Phi) is 9.01. The summed E-state index contributed by atoms with van der Waals surface area (Å²) in [6.07, 6.45) is 0.00438. The van der Waals surface area contributed by atoms with Gasteiger partial charge >= 0.3 is 5.97 Å². The van der Waals surface area contributed by atoms with Crippen LogP contribution in [0.3, 0.4) is 0 Å². The predicted octanol–water partition coefficient (Wildman–Crippen LogP) is 8.00. The van der Waals surface area contributed by atoms with Gasteiger partial charge in [0.25, 0.3) is 0 Å². The molecule has 0 aliphatic heterocycles. The predicted molar refractivity (Wildman–Crippen MR) is 165 cm³/mol. The molecule has 0 aliphatic carbocycles. The number of nitrogens with zero attached hydrogens (tertiary/aromatic N) is 2. The molecule has 0 atom stereocenters. The molecule has 208 valence electrons. The highest BCUT2D eigenvalue weighted by molar-refractivity contribution is 7.98. The average molecular weight is 583 g/mol. The molecule has 0 spiro atoms. The SMILES string of the molecule is COc1ccc(-c2sc(-c3ccc(COc4ccc(CC(=O)O)cc4)cc3)cc2CSc2nc(C)cc(C)n2)cc1. The molecule has 0 unspecified atom stereocenters. The number of methoxy groups -OCH3 is 1. The molecule has 2 heterocycles. The van der Waals surface area contributed by atoms with Gasteiger partial charge < -0.3 is 14.6 Å². The lowest BCUT2D eigenvalue weighted by atomic mass is 10.1. The number of ether oxygens (including phenoxy) is 2. The van der Waals surface area contributed by atoms with Gasteiger partial charge in [0.05, 0.1) is 13.5 Å². The summed E-state index contributed by atoms with van der Waals surface area (Å²) >= 11 is 3.43. The van der Waals surface area contributed by atoms with Gasteiger partial charge in [0.1, 0.15) is 18.1 Å². The number of rotatable bonds is 11. The Labute approximate surface area is 248 Å². The van der Waals surface area contributed by atoms with E-state index in [-0.39, 0.29) is 6.42 Å². The van der Waals surface area contributed by atoms with Gasteiger partial charge in [-0.3, -0.25) is 4.79 Å². The van der Waals surface area contributed by atoms with E-state index in [4.69, 9.17) is 14.6 Å². The first kappa shape index (κ1) is 28.4. The van der Waals surface area contributed by atoms with Crippen molar-refractivity contribution in [1.29, 1.82) is 0 Å². The van der Waals surface area contributed by atoms with Crippen molar-refractivity contribution in [2.45, 2.75) is 37.8 Å². The molecule has 0 saturated carbocycles. The van der Waals surface area contributed by atoms with E-state index in [9.17, 15) is 4.79 Å². The normalized spacial score (nSPS) is 10.9.